The van der Waals surface area contributed by atoms with Crippen LogP contribution in [0, 0.1) is 23.7 Å². The van der Waals surface area contributed by atoms with Crippen molar-refractivity contribution in [3.8, 4) is 5.75 Å². The van der Waals surface area contributed by atoms with Gasteiger partial charge in [-0.3, -0.25) is 33.7 Å². The first kappa shape index (κ1) is 32.5. The van der Waals surface area contributed by atoms with Gasteiger partial charge in [-0.25, -0.2) is 4.79 Å². The second-order valence-corrected chi connectivity index (χ2v) is 11.8. The van der Waals surface area contributed by atoms with Gasteiger partial charge in [0.2, 0.25) is 11.8 Å². The van der Waals surface area contributed by atoms with E-state index in [-0.39, 0.29) is 24.1 Å². The van der Waals surface area contributed by atoms with Gasteiger partial charge in [0.05, 0.1) is 23.2 Å². The standard InChI is InChI=1S/C29H37N5O10/c1-6-34(7-2)16-10-15(32-27(41)11(3)31-28(42)43)21(35)18-13(16)8-12-9-14-20(33(4)5)23(37)19(26(30)40)25(39)29(14,44)24(38)17(12)22(18)36/h10-12,14,17,19-20,31,35,44H,6-9H2,1-5H3,(H2,30,40)(H,32,41)(H,42,43)/t11?,12?,14?,17?,19?,20-,29-/m1/s1. The van der Waals surface area contributed by atoms with Gasteiger partial charge < -0.3 is 36.6 Å². The second kappa shape index (κ2) is 11.6. The number of phenols is 1. The Morgan fingerprint density at radius 2 is 1.73 bits per heavy atom. The number of phenolic OH excluding ortho intramolecular Hbond substituents is 1. The van der Waals surface area contributed by atoms with E-state index in [0.717, 1.165) is 0 Å². The molecule has 15 heteroatoms. The first-order valence-corrected chi connectivity index (χ1v) is 14.3. The van der Waals surface area contributed by atoms with E-state index >= 15 is 0 Å². The summed E-state index contributed by atoms with van der Waals surface area (Å²) in [4.78, 5) is 94.2. The smallest absolute Gasteiger partial charge is 0.405 e. The van der Waals surface area contributed by atoms with E-state index in [1.54, 1.807) is 0 Å². The zero-order valence-electron chi connectivity index (χ0n) is 25.0. The lowest BCUT2D eigenvalue weighted by molar-refractivity contribution is -0.181. The summed E-state index contributed by atoms with van der Waals surface area (Å²) in [7, 11) is 3.02. The quantitative estimate of drug-likeness (QED) is 0.157. The minimum absolute atomic E-state index is 0.0520. The molecule has 3 amide bonds. The molecule has 4 rings (SSSR count). The summed E-state index contributed by atoms with van der Waals surface area (Å²) in [6.45, 7) is 5.91. The fraction of sp³-hybridized carbons (Fsp3) is 0.552. The number of Topliss-reactive ketones (excluding diaryl/α,β-unsaturated/α-hetero) is 4. The third kappa shape index (κ3) is 4.89. The van der Waals surface area contributed by atoms with Crippen LogP contribution in [-0.2, 0) is 30.4 Å². The number of carbonyl (C=O) groups excluding carboxylic acids is 6. The van der Waals surface area contributed by atoms with Crippen molar-refractivity contribution in [3.63, 3.8) is 0 Å². The average molecular weight is 616 g/mol. The van der Waals surface area contributed by atoms with Crippen LogP contribution in [0.4, 0.5) is 16.2 Å². The van der Waals surface area contributed by atoms with Gasteiger partial charge in [0.1, 0.15) is 11.8 Å². The number of benzene rings is 1. The largest absolute Gasteiger partial charge is 0.505 e. The fourth-order valence-corrected chi connectivity index (χ4v) is 7.09. The van der Waals surface area contributed by atoms with Gasteiger partial charge >= 0.3 is 6.09 Å². The topological polar surface area (TPSA) is 237 Å². The molecular formula is C29H37N5O10. The molecule has 15 nitrogen and oxygen atoms in total. The monoisotopic (exact) mass is 615 g/mol. The van der Waals surface area contributed by atoms with E-state index in [1.807, 2.05) is 24.1 Å². The number of hydrogen-bond acceptors (Lipinski definition) is 11. The summed E-state index contributed by atoms with van der Waals surface area (Å²) in [6, 6.07) is -0.977. The van der Waals surface area contributed by atoms with Crippen LogP contribution in [0.25, 0.3) is 0 Å². The molecule has 0 aliphatic heterocycles. The van der Waals surface area contributed by atoms with Crippen LogP contribution in [-0.4, -0.2) is 106 Å². The van der Waals surface area contributed by atoms with Gasteiger partial charge in [0, 0.05) is 24.7 Å². The zero-order valence-corrected chi connectivity index (χ0v) is 25.0. The number of amides is 3. The Hall–Kier alpha value is -4.37. The normalized spacial score (nSPS) is 28.5. The molecule has 1 aromatic carbocycles. The van der Waals surface area contributed by atoms with Crippen LogP contribution >= 0.6 is 0 Å². The number of carbonyl (C=O) groups is 7. The van der Waals surface area contributed by atoms with Crippen molar-refractivity contribution in [2.24, 2.45) is 29.4 Å². The number of aromatic hydroxyl groups is 1. The lowest BCUT2D eigenvalue weighted by atomic mass is 9.52. The molecule has 3 aliphatic rings. The highest BCUT2D eigenvalue weighted by atomic mass is 16.4. The highest BCUT2D eigenvalue weighted by molar-refractivity contribution is 6.32. The van der Waals surface area contributed by atoms with E-state index in [2.05, 4.69) is 5.32 Å². The van der Waals surface area contributed by atoms with Gasteiger partial charge in [0.15, 0.2) is 34.7 Å². The van der Waals surface area contributed by atoms with E-state index in [4.69, 9.17) is 10.8 Å². The first-order valence-electron chi connectivity index (χ1n) is 14.3. The summed E-state index contributed by atoms with van der Waals surface area (Å²) in [5.74, 6) is -12.8. The minimum Gasteiger partial charge on any atom is -0.505 e. The second-order valence-electron chi connectivity index (χ2n) is 11.8. The van der Waals surface area contributed by atoms with Crippen LogP contribution in [0.15, 0.2) is 6.07 Å². The van der Waals surface area contributed by atoms with Crippen molar-refractivity contribution >= 4 is 52.4 Å². The maximum absolute atomic E-state index is 14.2. The summed E-state index contributed by atoms with van der Waals surface area (Å²) < 4.78 is 0. The summed E-state index contributed by atoms with van der Waals surface area (Å²) in [6.07, 6.45) is -1.50. The number of rotatable bonds is 8. The van der Waals surface area contributed by atoms with Gasteiger partial charge in [-0.2, -0.15) is 0 Å². The molecule has 2 saturated carbocycles. The van der Waals surface area contributed by atoms with Gasteiger partial charge in [-0.05, 0) is 65.3 Å². The lowest BCUT2D eigenvalue weighted by Crippen LogP contribution is -2.74. The molecule has 5 unspecified atom stereocenters. The summed E-state index contributed by atoms with van der Waals surface area (Å²) in [5.41, 5.74) is 2.87. The van der Waals surface area contributed by atoms with Crippen LogP contribution in [0.3, 0.4) is 0 Å². The Morgan fingerprint density at radius 1 is 1.11 bits per heavy atom. The Balaban J connectivity index is 1.87. The number of carboxylic acid groups (broad SMARTS) is 1. The number of nitrogens with two attached hydrogens (primary N) is 1. The van der Waals surface area contributed by atoms with E-state index < -0.39 is 88.1 Å². The number of hydrogen-bond donors (Lipinski definition) is 6. The number of anilines is 2. The number of nitrogens with one attached hydrogen (secondary N) is 2. The van der Waals surface area contributed by atoms with Crippen molar-refractivity contribution in [2.45, 2.75) is 51.3 Å². The molecule has 0 radical (unpaired) electrons. The highest BCUT2D eigenvalue weighted by Gasteiger charge is 2.69. The van der Waals surface area contributed by atoms with E-state index in [0.29, 0.717) is 24.3 Å². The van der Waals surface area contributed by atoms with E-state index in [1.165, 1.54) is 32.0 Å². The first-order chi connectivity index (χ1) is 20.5. The van der Waals surface area contributed by atoms with Crippen LogP contribution < -0.4 is 21.3 Å². The van der Waals surface area contributed by atoms with Crippen molar-refractivity contribution in [3.05, 3.63) is 17.2 Å². The third-order valence-electron chi connectivity index (χ3n) is 9.13. The Morgan fingerprint density at radius 3 is 2.25 bits per heavy atom. The average Bonchev–Trinajstić information content (AvgIpc) is 2.92. The Labute approximate surface area is 252 Å². The van der Waals surface area contributed by atoms with Crippen LogP contribution in [0.1, 0.15) is 43.1 Å². The maximum Gasteiger partial charge on any atom is 0.405 e. The third-order valence-corrected chi connectivity index (χ3v) is 9.13. The molecule has 0 bridgehead atoms. The Bertz CT molecular complexity index is 1470. The summed E-state index contributed by atoms with van der Waals surface area (Å²) in [5, 5.41) is 36.5. The molecule has 0 saturated heterocycles. The number of aliphatic hydroxyl groups is 1. The lowest BCUT2D eigenvalue weighted by Gasteiger charge is -2.52. The molecule has 7 atom stereocenters. The van der Waals surface area contributed by atoms with Crippen LogP contribution in [0.2, 0.25) is 0 Å². The molecule has 7 N–H and O–H groups in total. The molecule has 0 spiro atoms. The number of nitrogens with zero attached hydrogens (tertiary/aromatic N) is 2. The molecular weight excluding hydrogens is 578 g/mol. The number of primary amides is 1. The SMILES string of the molecule is CCN(CC)c1cc(NC(=O)C(C)NC(=O)O)c(O)c2c1CC1CC3[C@@H](N(C)C)C(=O)C(C(N)=O)C(=O)[C@]3(O)C(=O)C1C2=O. The van der Waals surface area contributed by atoms with Gasteiger partial charge in [0.25, 0.3) is 0 Å². The predicted molar refractivity (Wildman–Crippen MR) is 154 cm³/mol. The van der Waals surface area contributed by atoms with Gasteiger partial charge in [-0.1, -0.05) is 0 Å². The molecule has 0 heterocycles. The number of likely N-dealkylation sites (N-methyl/N-ethyl adjacent to an activating group) is 1. The highest BCUT2D eigenvalue weighted by Crippen LogP contribution is 2.53. The predicted octanol–water partition coefficient (Wildman–Crippen LogP) is -0.692. The van der Waals surface area contributed by atoms with Crippen molar-refractivity contribution in [1.82, 2.24) is 10.2 Å². The summed E-state index contributed by atoms with van der Waals surface area (Å²) >= 11 is 0. The number of ketones is 4. The molecule has 2 fully saturated rings. The van der Waals surface area contributed by atoms with Crippen molar-refractivity contribution in [2.75, 3.05) is 37.4 Å². The molecule has 44 heavy (non-hydrogen) atoms. The van der Waals surface area contributed by atoms with Crippen molar-refractivity contribution in [1.29, 1.82) is 0 Å². The van der Waals surface area contributed by atoms with E-state index in [9.17, 15) is 43.8 Å². The van der Waals surface area contributed by atoms with Gasteiger partial charge in [-0.15, -0.1) is 0 Å². The minimum atomic E-state index is -2.86. The maximum atomic E-state index is 14.2. The van der Waals surface area contributed by atoms with Crippen molar-refractivity contribution < 1.29 is 48.9 Å². The zero-order chi connectivity index (χ0) is 33.0. The Kier molecular flexibility index (Phi) is 8.59. The number of fused-ring (bicyclic) bond motifs is 3. The fourth-order valence-electron chi connectivity index (χ4n) is 7.09. The molecule has 0 aromatic heterocycles. The molecule has 1 aromatic rings. The molecule has 3 aliphatic carbocycles. The van der Waals surface area contributed by atoms with Crippen LogP contribution in [0.5, 0.6) is 5.75 Å². The molecule has 238 valence electrons.